The molecule has 8 nitrogen and oxygen atoms in total. The number of hydrogen-bond acceptors (Lipinski definition) is 5. The largest absolute Gasteiger partial charge is 0.396 e. The van der Waals surface area contributed by atoms with Gasteiger partial charge >= 0.3 is 0 Å². The van der Waals surface area contributed by atoms with Crippen LogP contribution in [0.2, 0.25) is 0 Å². The van der Waals surface area contributed by atoms with Gasteiger partial charge in [0.1, 0.15) is 11.6 Å². The second-order valence-corrected chi connectivity index (χ2v) is 12.5. The minimum absolute atomic E-state index is 0.135. The van der Waals surface area contributed by atoms with Crippen LogP contribution >= 0.6 is 15.9 Å². The number of carbonyl (C=O) groups is 3. The molecule has 3 fully saturated rings. The van der Waals surface area contributed by atoms with Crippen molar-refractivity contribution < 1.29 is 24.2 Å². The Labute approximate surface area is 255 Å². The van der Waals surface area contributed by atoms with E-state index >= 15 is 0 Å². The minimum Gasteiger partial charge on any atom is -0.396 e. The lowest BCUT2D eigenvalue weighted by molar-refractivity contribution is -0.140. The smallest absolute Gasteiger partial charge is 0.253 e. The lowest BCUT2D eigenvalue weighted by atomic mass is 9.70. The maximum atomic E-state index is 14.7. The molecule has 0 aliphatic carbocycles. The zero-order chi connectivity index (χ0) is 30.2. The number of hydrogen-bond donors (Lipinski definition) is 1. The molecular formula is C33H38BrN3O5. The predicted molar refractivity (Wildman–Crippen MR) is 167 cm³/mol. The van der Waals surface area contributed by atoms with E-state index < -0.39 is 29.6 Å². The molecule has 2 aromatic rings. The van der Waals surface area contributed by atoms with Crippen LogP contribution in [0.3, 0.4) is 0 Å². The standard InChI is InChI=1S/C33H38BrN3O5/c1-5-16-35(23-14-8-7-9-15-23)30(39)25-26-31(40)37(18-11-19-38)29(33(26)20-24(34)28(25)42-33)32(41)36(17-6-2)27-21(3)12-10-13-22(27)4/h5-10,12-15,24-26,28-29,38H,1-2,11,16-20H2,3-4H3/t24?,25-,26-,28-,29?,33?/m0/s1. The number of amides is 3. The van der Waals surface area contributed by atoms with E-state index in [-0.39, 0.29) is 48.8 Å². The Morgan fingerprint density at radius 3 is 2.31 bits per heavy atom. The van der Waals surface area contributed by atoms with Crippen LogP contribution in [0.15, 0.2) is 73.8 Å². The van der Waals surface area contributed by atoms with Gasteiger partial charge in [0.05, 0.1) is 17.9 Å². The van der Waals surface area contributed by atoms with Crippen molar-refractivity contribution in [2.75, 3.05) is 36.0 Å². The number of alkyl halides is 1. The van der Waals surface area contributed by atoms with Crippen molar-refractivity contribution in [1.82, 2.24) is 4.90 Å². The summed E-state index contributed by atoms with van der Waals surface area (Å²) in [7, 11) is 0. The van der Waals surface area contributed by atoms with E-state index in [2.05, 4.69) is 29.1 Å². The number of ether oxygens (including phenoxy) is 1. The quantitative estimate of drug-likeness (QED) is 0.296. The first-order valence-electron chi connectivity index (χ1n) is 14.4. The summed E-state index contributed by atoms with van der Waals surface area (Å²) >= 11 is 3.76. The molecule has 9 heteroatoms. The second kappa shape index (κ2) is 12.1. The summed E-state index contributed by atoms with van der Waals surface area (Å²) in [5, 5.41) is 9.70. The van der Waals surface area contributed by atoms with Gasteiger partial charge in [0.2, 0.25) is 11.8 Å². The highest BCUT2D eigenvalue weighted by Gasteiger charge is 2.77. The van der Waals surface area contributed by atoms with Crippen LogP contribution < -0.4 is 9.80 Å². The number of likely N-dealkylation sites (tertiary alicyclic amines) is 1. The number of nitrogens with zero attached hydrogens (tertiary/aromatic N) is 3. The van der Waals surface area contributed by atoms with Crippen molar-refractivity contribution in [2.45, 2.75) is 49.3 Å². The first-order valence-corrected chi connectivity index (χ1v) is 15.3. The predicted octanol–water partition coefficient (Wildman–Crippen LogP) is 4.17. The van der Waals surface area contributed by atoms with Crippen LogP contribution in [0, 0.1) is 25.7 Å². The van der Waals surface area contributed by atoms with Crippen molar-refractivity contribution in [1.29, 1.82) is 0 Å². The number of halogens is 1. The summed E-state index contributed by atoms with van der Waals surface area (Å²) in [4.78, 5) is 48.1. The van der Waals surface area contributed by atoms with E-state index in [1.54, 1.807) is 26.9 Å². The number of fused-ring (bicyclic) bond motifs is 1. The molecular weight excluding hydrogens is 598 g/mol. The molecule has 3 heterocycles. The number of aryl methyl sites for hydroxylation is 2. The first-order chi connectivity index (χ1) is 20.2. The van der Waals surface area contributed by atoms with E-state index in [1.807, 2.05) is 62.4 Å². The molecule has 3 aliphatic rings. The minimum atomic E-state index is -1.20. The molecule has 6 atom stereocenters. The fourth-order valence-corrected chi connectivity index (χ4v) is 8.15. The van der Waals surface area contributed by atoms with Gasteiger partial charge in [-0.1, -0.05) is 64.5 Å². The van der Waals surface area contributed by atoms with E-state index in [4.69, 9.17) is 4.74 Å². The highest BCUT2D eigenvalue weighted by Crippen LogP contribution is 2.60. The van der Waals surface area contributed by atoms with Gasteiger partial charge < -0.3 is 24.5 Å². The van der Waals surface area contributed by atoms with E-state index in [1.165, 1.54) is 0 Å². The fraction of sp³-hybridized carbons (Fsp3) is 0.424. The summed E-state index contributed by atoms with van der Waals surface area (Å²) < 4.78 is 6.71. The van der Waals surface area contributed by atoms with Crippen LogP contribution in [-0.2, 0) is 19.1 Å². The highest BCUT2D eigenvalue weighted by molar-refractivity contribution is 9.09. The molecule has 2 bridgehead atoms. The fourth-order valence-electron chi connectivity index (χ4n) is 7.21. The van der Waals surface area contributed by atoms with Crippen LogP contribution in [0.4, 0.5) is 11.4 Å². The number of rotatable bonds is 11. The van der Waals surface area contributed by atoms with Crippen molar-refractivity contribution in [3.05, 3.63) is 85.0 Å². The van der Waals surface area contributed by atoms with Crippen molar-refractivity contribution >= 4 is 45.0 Å². The van der Waals surface area contributed by atoms with Crippen LogP contribution in [0.25, 0.3) is 0 Å². The molecule has 0 aromatic heterocycles. The molecule has 1 spiro atoms. The normalized spacial score (nSPS) is 27.6. The monoisotopic (exact) mass is 635 g/mol. The van der Waals surface area contributed by atoms with Gasteiger partial charge in [0, 0.05) is 42.4 Å². The van der Waals surface area contributed by atoms with E-state index in [9.17, 15) is 19.5 Å². The molecule has 3 unspecified atom stereocenters. The van der Waals surface area contributed by atoms with Gasteiger partial charge in [-0.05, 0) is 49.9 Å². The van der Waals surface area contributed by atoms with Gasteiger partial charge in [-0.15, -0.1) is 13.2 Å². The zero-order valence-corrected chi connectivity index (χ0v) is 25.7. The summed E-state index contributed by atoms with van der Waals surface area (Å²) in [5.74, 6) is -2.42. The molecule has 222 valence electrons. The van der Waals surface area contributed by atoms with Gasteiger partial charge in [-0.3, -0.25) is 14.4 Å². The zero-order valence-electron chi connectivity index (χ0n) is 24.1. The van der Waals surface area contributed by atoms with Crippen LogP contribution in [0.1, 0.15) is 24.0 Å². The SMILES string of the molecule is C=CCN(C(=O)[C@H]1[C@H]2C(=O)N(CCCO)C(C(=O)N(CC=C)c3c(C)cccc3C)C23CC(Br)[C@@H]1O3)c1ccccc1. The lowest BCUT2D eigenvalue weighted by Gasteiger charge is -2.38. The Hall–Kier alpha value is -3.27. The summed E-state index contributed by atoms with van der Waals surface area (Å²) in [6.45, 7) is 12.2. The number of anilines is 2. The second-order valence-electron chi connectivity index (χ2n) is 11.3. The first kappa shape index (κ1) is 30.2. The highest BCUT2D eigenvalue weighted by atomic mass is 79.9. The molecule has 1 N–H and O–H groups in total. The maximum absolute atomic E-state index is 14.7. The summed E-state index contributed by atoms with van der Waals surface area (Å²) in [6, 6.07) is 14.2. The molecule has 3 saturated heterocycles. The molecule has 42 heavy (non-hydrogen) atoms. The van der Waals surface area contributed by atoms with Gasteiger partial charge in [-0.2, -0.15) is 0 Å². The third-order valence-electron chi connectivity index (χ3n) is 8.80. The Kier molecular flexibility index (Phi) is 8.73. The topological polar surface area (TPSA) is 90.4 Å². The molecule has 3 aliphatic heterocycles. The molecule has 0 saturated carbocycles. The van der Waals surface area contributed by atoms with Crippen molar-refractivity contribution in [3.63, 3.8) is 0 Å². The third-order valence-corrected chi connectivity index (χ3v) is 9.64. The lowest BCUT2D eigenvalue weighted by Crippen LogP contribution is -2.57. The number of aliphatic hydroxyl groups excluding tert-OH is 1. The molecule has 2 aromatic carbocycles. The average molecular weight is 637 g/mol. The summed E-state index contributed by atoms with van der Waals surface area (Å²) in [5.41, 5.74) is 2.13. The number of aliphatic hydroxyl groups is 1. The third kappa shape index (κ3) is 4.81. The number of benzene rings is 2. The molecule has 5 rings (SSSR count). The van der Waals surface area contributed by atoms with E-state index in [0.717, 1.165) is 16.8 Å². The Morgan fingerprint density at radius 2 is 1.69 bits per heavy atom. The van der Waals surface area contributed by atoms with Crippen molar-refractivity contribution in [3.8, 4) is 0 Å². The Balaban J connectivity index is 1.60. The Bertz CT molecular complexity index is 1360. The number of carbonyl (C=O) groups excluding carboxylic acids is 3. The maximum Gasteiger partial charge on any atom is 0.253 e. The van der Waals surface area contributed by atoms with Gasteiger partial charge in [0.15, 0.2) is 0 Å². The average Bonchev–Trinajstić information content (AvgIpc) is 3.57. The van der Waals surface area contributed by atoms with Gasteiger partial charge in [-0.25, -0.2) is 0 Å². The van der Waals surface area contributed by atoms with Crippen LogP contribution in [-0.4, -0.2) is 76.5 Å². The van der Waals surface area contributed by atoms with Crippen molar-refractivity contribution in [2.24, 2.45) is 11.8 Å². The summed E-state index contributed by atoms with van der Waals surface area (Å²) in [6.07, 6.45) is 3.47. The molecule has 3 amide bonds. The number of para-hydroxylation sites is 2. The Morgan fingerprint density at radius 1 is 1.05 bits per heavy atom. The van der Waals surface area contributed by atoms with Crippen LogP contribution in [0.5, 0.6) is 0 Å². The van der Waals surface area contributed by atoms with E-state index in [0.29, 0.717) is 18.5 Å². The van der Waals surface area contributed by atoms with Gasteiger partial charge in [0.25, 0.3) is 5.91 Å². The molecule has 0 radical (unpaired) electrons.